The zero-order valence-corrected chi connectivity index (χ0v) is 19.1. The van der Waals surface area contributed by atoms with E-state index in [4.69, 9.17) is 14.2 Å². The lowest BCUT2D eigenvalue weighted by atomic mass is 10.0. The molecule has 34 heavy (non-hydrogen) atoms. The highest BCUT2D eigenvalue weighted by Gasteiger charge is 2.23. The Hall–Kier alpha value is -4.25. The molecule has 0 radical (unpaired) electrons. The predicted octanol–water partition coefficient (Wildman–Crippen LogP) is 3.44. The SMILES string of the molecule is CCOC(=O)c1c(-c2ccc(OC)cc2)csc1NC(=O)COC(=O)c1ccc2nncn2c1. The molecule has 4 aromatic rings. The molecule has 0 fully saturated rings. The molecule has 0 aliphatic carbocycles. The number of methoxy groups -OCH3 is 1. The number of ether oxygens (including phenoxy) is 3. The maximum Gasteiger partial charge on any atom is 0.341 e. The van der Waals surface area contributed by atoms with Crippen molar-refractivity contribution in [3.63, 3.8) is 0 Å². The summed E-state index contributed by atoms with van der Waals surface area (Å²) in [5.74, 6) is -1.16. The van der Waals surface area contributed by atoms with E-state index in [1.165, 1.54) is 29.9 Å². The van der Waals surface area contributed by atoms with Crippen molar-refractivity contribution in [2.24, 2.45) is 0 Å². The average Bonchev–Trinajstić information content (AvgIpc) is 3.49. The van der Waals surface area contributed by atoms with Gasteiger partial charge in [-0.15, -0.1) is 21.5 Å². The molecule has 0 aliphatic heterocycles. The van der Waals surface area contributed by atoms with Crippen LogP contribution in [0.25, 0.3) is 16.8 Å². The minimum absolute atomic E-state index is 0.179. The summed E-state index contributed by atoms with van der Waals surface area (Å²) in [7, 11) is 1.57. The largest absolute Gasteiger partial charge is 0.497 e. The second-order valence-corrected chi connectivity index (χ2v) is 7.82. The van der Waals surface area contributed by atoms with E-state index in [9.17, 15) is 14.4 Å². The van der Waals surface area contributed by atoms with E-state index in [-0.39, 0.29) is 17.7 Å². The van der Waals surface area contributed by atoms with Crippen molar-refractivity contribution in [2.75, 3.05) is 25.6 Å². The summed E-state index contributed by atoms with van der Waals surface area (Å²) >= 11 is 1.17. The van der Waals surface area contributed by atoms with Gasteiger partial charge in [-0.1, -0.05) is 12.1 Å². The standard InChI is InChI=1S/C23H20N4O6S/c1-3-32-23(30)20-17(14-4-7-16(31-2)8-5-14)12-34-21(20)25-19(28)11-33-22(29)15-6-9-18-26-24-13-27(18)10-15/h4-10,12-13H,3,11H2,1-2H3,(H,25,28). The molecule has 0 spiro atoms. The number of nitrogens with one attached hydrogen (secondary N) is 1. The van der Waals surface area contributed by atoms with E-state index in [1.807, 2.05) is 12.1 Å². The number of benzene rings is 1. The Labute approximate surface area is 198 Å². The van der Waals surface area contributed by atoms with E-state index in [2.05, 4.69) is 15.5 Å². The van der Waals surface area contributed by atoms with Gasteiger partial charge in [-0.25, -0.2) is 9.59 Å². The molecular formula is C23H20N4O6S. The van der Waals surface area contributed by atoms with Gasteiger partial charge in [0.2, 0.25) is 0 Å². The van der Waals surface area contributed by atoms with Gasteiger partial charge in [0, 0.05) is 17.1 Å². The lowest BCUT2D eigenvalue weighted by Gasteiger charge is -2.10. The summed E-state index contributed by atoms with van der Waals surface area (Å²) in [5, 5.41) is 12.3. The minimum atomic E-state index is -0.679. The van der Waals surface area contributed by atoms with Gasteiger partial charge in [-0.2, -0.15) is 0 Å². The molecule has 0 saturated heterocycles. The number of rotatable bonds is 8. The molecule has 1 amide bonds. The number of esters is 2. The number of hydrogen-bond acceptors (Lipinski definition) is 9. The molecule has 3 aromatic heterocycles. The van der Waals surface area contributed by atoms with E-state index >= 15 is 0 Å². The molecular weight excluding hydrogens is 460 g/mol. The van der Waals surface area contributed by atoms with E-state index in [0.717, 1.165) is 5.56 Å². The topological polar surface area (TPSA) is 121 Å². The van der Waals surface area contributed by atoms with Crippen molar-refractivity contribution in [1.82, 2.24) is 14.6 Å². The number of nitrogens with zero attached hydrogens (tertiary/aromatic N) is 3. The van der Waals surface area contributed by atoms with Gasteiger partial charge in [-0.05, 0) is 36.8 Å². The Morgan fingerprint density at radius 2 is 1.85 bits per heavy atom. The molecule has 1 N–H and O–H groups in total. The molecule has 0 atom stereocenters. The molecule has 0 saturated carbocycles. The van der Waals surface area contributed by atoms with Crippen molar-refractivity contribution in [3.05, 3.63) is 65.4 Å². The Balaban J connectivity index is 1.48. The first-order valence-corrected chi connectivity index (χ1v) is 11.1. The highest BCUT2D eigenvalue weighted by atomic mass is 32.1. The second kappa shape index (κ2) is 10.1. The molecule has 1 aromatic carbocycles. The fraction of sp³-hybridized carbons (Fsp3) is 0.174. The normalized spacial score (nSPS) is 10.6. The molecule has 0 unspecified atom stereocenters. The highest BCUT2D eigenvalue weighted by molar-refractivity contribution is 7.15. The molecule has 0 aliphatic rings. The number of pyridine rings is 1. The fourth-order valence-electron chi connectivity index (χ4n) is 3.16. The molecule has 4 rings (SSSR count). The number of amides is 1. The van der Waals surface area contributed by atoms with Gasteiger partial charge in [0.15, 0.2) is 12.3 Å². The number of thiophene rings is 1. The minimum Gasteiger partial charge on any atom is -0.497 e. The van der Waals surface area contributed by atoms with Crippen LogP contribution in [0, 0.1) is 0 Å². The molecule has 10 nitrogen and oxygen atoms in total. The highest BCUT2D eigenvalue weighted by Crippen LogP contribution is 2.36. The fourth-order valence-corrected chi connectivity index (χ4v) is 4.14. The lowest BCUT2D eigenvalue weighted by Crippen LogP contribution is -2.22. The van der Waals surface area contributed by atoms with Crippen LogP contribution in [0.15, 0.2) is 54.3 Å². The van der Waals surface area contributed by atoms with Crippen LogP contribution in [-0.4, -0.2) is 52.8 Å². The summed E-state index contributed by atoms with van der Waals surface area (Å²) in [6.07, 6.45) is 2.96. The van der Waals surface area contributed by atoms with Crippen LogP contribution in [0.1, 0.15) is 27.6 Å². The van der Waals surface area contributed by atoms with Gasteiger partial charge < -0.3 is 19.5 Å². The van der Waals surface area contributed by atoms with Crippen molar-refractivity contribution < 1.29 is 28.6 Å². The second-order valence-electron chi connectivity index (χ2n) is 6.94. The zero-order chi connectivity index (χ0) is 24.1. The summed E-state index contributed by atoms with van der Waals surface area (Å²) in [6.45, 7) is 1.35. The third-order valence-corrected chi connectivity index (χ3v) is 5.68. The third kappa shape index (κ3) is 4.89. The lowest BCUT2D eigenvalue weighted by molar-refractivity contribution is -0.119. The van der Waals surface area contributed by atoms with Crippen molar-refractivity contribution in [1.29, 1.82) is 0 Å². The first kappa shape index (κ1) is 22.9. The van der Waals surface area contributed by atoms with Crippen molar-refractivity contribution >= 4 is 39.8 Å². The number of carbonyl (C=O) groups is 3. The van der Waals surface area contributed by atoms with Crippen LogP contribution < -0.4 is 10.1 Å². The van der Waals surface area contributed by atoms with Crippen LogP contribution in [0.4, 0.5) is 5.00 Å². The monoisotopic (exact) mass is 480 g/mol. The van der Waals surface area contributed by atoms with Crippen LogP contribution >= 0.6 is 11.3 Å². The summed E-state index contributed by atoms with van der Waals surface area (Å²) in [4.78, 5) is 37.5. The maximum absolute atomic E-state index is 12.7. The Kier molecular flexibility index (Phi) is 6.83. The molecule has 3 heterocycles. The van der Waals surface area contributed by atoms with E-state index < -0.39 is 24.5 Å². The first-order valence-electron chi connectivity index (χ1n) is 10.2. The van der Waals surface area contributed by atoms with Crippen molar-refractivity contribution in [3.8, 4) is 16.9 Å². The summed E-state index contributed by atoms with van der Waals surface area (Å²) in [5.41, 5.74) is 2.42. The van der Waals surface area contributed by atoms with Gasteiger partial charge >= 0.3 is 11.9 Å². The Bertz CT molecular complexity index is 1350. The summed E-state index contributed by atoms with van der Waals surface area (Å²) < 4.78 is 17.1. The van der Waals surface area contributed by atoms with E-state index in [0.29, 0.717) is 22.0 Å². The summed E-state index contributed by atoms with van der Waals surface area (Å²) in [6, 6.07) is 10.3. The third-order valence-electron chi connectivity index (χ3n) is 4.79. The van der Waals surface area contributed by atoms with Gasteiger partial charge in [0.05, 0.1) is 19.3 Å². The van der Waals surface area contributed by atoms with Crippen LogP contribution in [0.2, 0.25) is 0 Å². The quantitative estimate of drug-likeness (QED) is 0.381. The molecule has 11 heteroatoms. The Morgan fingerprint density at radius 3 is 2.59 bits per heavy atom. The number of anilines is 1. The molecule has 0 bridgehead atoms. The first-order chi connectivity index (χ1) is 16.5. The van der Waals surface area contributed by atoms with Gasteiger partial charge in [-0.3, -0.25) is 9.20 Å². The Morgan fingerprint density at radius 1 is 1.06 bits per heavy atom. The smallest absolute Gasteiger partial charge is 0.341 e. The average molecular weight is 481 g/mol. The zero-order valence-electron chi connectivity index (χ0n) is 18.3. The number of fused-ring (bicyclic) bond motifs is 1. The number of aromatic nitrogens is 3. The van der Waals surface area contributed by atoms with Crippen LogP contribution in [0.5, 0.6) is 5.75 Å². The number of hydrogen-bond donors (Lipinski definition) is 1. The maximum atomic E-state index is 12.7. The van der Waals surface area contributed by atoms with Crippen molar-refractivity contribution in [2.45, 2.75) is 6.92 Å². The number of carbonyl (C=O) groups excluding carboxylic acids is 3. The van der Waals surface area contributed by atoms with E-state index in [1.54, 1.807) is 42.0 Å². The van der Waals surface area contributed by atoms with Gasteiger partial charge in [0.1, 0.15) is 22.6 Å². The van der Waals surface area contributed by atoms with Crippen LogP contribution in [0.3, 0.4) is 0 Å². The predicted molar refractivity (Wildman–Crippen MR) is 124 cm³/mol. The van der Waals surface area contributed by atoms with Crippen LogP contribution in [-0.2, 0) is 14.3 Å². The molecule has 174 valence electrons. The van der Waals surface area contributed by atoms with Gasteiger partial charge in [0.25, 0.3) is 5.91 Å².